The van der Waals surface area contributed by atoms with E-state index >= 15 is 0 Å². The van der Waals surface area contributed by atoms with Crippen LogP contribution >= 0.6 is 0 Å². The lowest BCUT2D eigenvalue weighted by molar-refractivity contribution is -0.0500. The average molecular weight is 381 g/mol. The van der Waals surface area contributed by atoms with Crippen LogP contribution in [0.4, 0.5) is 18.0 Å². The topological polar surface area (TPSA) is 112 Å². The van der Waals surface area contributed by atoms with Crippen LogP contribution in [0.15, 0.2) is 24.3 Å². The molecule has 0 atom stereocenters. The zero-order chi connectivity index (χ0) is 19.0. The summed E-state index contributed by atoms with van der Waals surface area (Å²) in [7, 11) is -5.88. The van der Waals surface area contributed by atoms with Crippen molar-refractivity contribution in [1.82, 2.24) is 4.57 Å². The number of carboxylic acid groups (broad SMARTS) is 1. The van der Waals surface area contributed by atoms with E-state index in [1.54, 1.807) is 0 Å². The number of halogens is 3. The van der Waals surface area contributed by atoms with E-state index in [-0.39, 0.29) is 17.5 Å². The molecule has 0 spiro atoms. The number of hydrogen-bond acceptors (Lipinski definition) is 6. The second-order valence-corrected chi connectivity index (χ2v) is 6.11. The molecule has 0 aliphatic heterocycles. The molecule has 12 heteroatoms. The monoisotopic (exact) mass is 381 g/mol. The predicted octanol–water partition coefficient (Wildman–Crippen LogP) is 2.57. The van der Waals surface area contributed by atoms with Crippen LogP contribution in [0.3, 0.4) is 0 Å². The molecule has 0 unspecified atom stereocenters. The van der Waals surface area contributed by atoms with E-state index in [4.69, 9.17) is 9.84 Å². The molecule has 0 aliphatic carbocycles. The van der Waals surface area contributed by atoms with Gasteiger partial charge < -0.3 is 14.0 Å². The van der Waals surface area contributed by atoms with Gasteiger partial charge in [-0.25, -0.2) is 14.2 Å². The number of alkyl halides is 3. The first-order chi connectivity index (χ1) is 11.5. The summed E-state index contributed by atoms with van der Waals surface area (Å²) in [4.78, 5) is 23.1. The summed E-state index contributed by atoms with van der Waals surface area (Å²) in [6.07, 6.45) is -1.01. The average Bonchev–Trinajstić information content (AvgIpc) is 2.84. The highest BCUT2D eigenvalue weighted by Gasteiger charge is 2.48. The molecular formula is C13H10F3NO7S. The number of rotatable bonds is 4. The zero-order valence-electron chi connectivity index (χ0n) is 12.4. The van der Waals surface area contributed by atoms with Crippen LogP contribution in [0.5, 0.6) is 5.75 Å². The largest absolute Gasteiger partial charge is 0.534 e. The third kappa shape index (κ3) is 3.52. The van der Waals surface area contributed by atoms with Crippen LogP contribution < -0.4 is 4.18 Å². The number of fused-ring (bicyclic) bond motifs is 1. The van der Waals surface area contributed by atoms with E-state index in [9.17, 15) is 31.2 Å². The summed E-state index contributed by atoms with van der Waals surface area (Å²) >= 11 is 0. The number of hydrogen-bond donors (Lipinski definition) is 1. The van der Waals surface area contributed by atoms with Crippen molar-refractivity contribution in [1.29, 1.82) is 0 Å². The van der Waals surface area contributed by atoms with Gasteiger partial charge in [-0.1, -0.05) is 0 Å². The van der Waals surface area contributed by atoms with Gasteiger partial charge in [0.1, 0.15) is 11.4 Å². The highest BCUT2D eigenvalue weighted by Crippen LogP contribution is 2.30. The van der Waals surface area contributed by atoms with Crippen LogP contribution in [0.25, 0.3) is 10.9 Å². The Hall–Kier alpha value is -2.76. The lowest BCUT2D eigenvalue weighted by Gasteiger charge is -2.10. The Labute approximate surface area is 138 Å². The fraction of sp³-hybridized carbons (Fsp3) is 0.231. The molecule has 0 fully saturated rings. The summed E-state index contributed by atoms with van der Waals surface area (Å²) in [5, 5.41) is 9.11. The molecule has 0 saturated heterocycles. The second kappa shape index (κ2) is 6.27. The fourth-order valence-electron chi connectivity index (χ4n) is 1.96. The second-order valence-electron chi connectivity index (χ2n) is 4.57. The lowest BCUT2D eigenvalue weighted by atomic mass is 10.2. The van der Waals surface area contributed by atoms with Crippen molar-refractivity contribution in [3.8, 4) is 5.75 Å². The molecule has 136 valence electrons. The SMILES string of the molecule is CCOC(=O)n1c(C(=O)O)cc2cc(OS(=O)(=O)C(F)(F)F)ccc21. The molecule has 1 N–H and O–H groups in total. The molecule has 1 aromatic carbocycles. The first kappa shape index (κ1) is 18.6. The molecule has 0 saturated carbocycles. The van der Waals surface area contributed by atoms with Crippen molar-refractivity contribution >= 4 is 33.1 Å². The van der Waals surface area contributed by atoms with E-state index < -0.39 is 39.1 Å². The molecule has 1 aromatic heterocycles. The molecule has 0 radical (unpaired) electrons. The van der Waals surface area contributed by atoms with Crippen molar-refractivity contribution in [2.75, 3.05) is 6.61 Å². The highest BCUT2D eigenvalue weighted by molar-refractivity contribution is 7.88. The predicted molar refractivity (Wildman–Crippen MR) is 76.9 cm³/mol. The molecule has 1 heterocycles. The fourth-order valence-corrected chi connectivity index (χ4v) is 2.41. The molecule has 8 nitrogen and oxygen atoms in total. The smallest absolute Gasteiger partial charge is 0.477 e. The molecule has 2 rings (SSSR count). The van der Waals surface area contributed by atoms with Gasteiger partial charge in [0.25, 0.3) is 0 Å². The maximum atomic E-state index is 12.3. The normalized spacial score (nSPS) is 12.2. The standard InChI is InChI=1S/C13H10F3NO7S/c1-2-23-12(20)17-9-4-3-8(24-25(21,22)13(14,15)16)5-7(9)6-10(17)11(18)19/h3-6H,2H2,1H3,(H,18,19). The van der Waals surface area contributed by atoms with E-state index in [1.165, 1.54) is 6.92 Å². The Balaban J connectivity index is 2.55. The number of carbonyl (C=O) groups is 2. The number of aromatic carboxylic acids is 1. The quantitative estimate of drug-likeness (QED) is 0.640. The highest BCUT2D eigenvalue weighted by atomic mass is 32.2. The Morgan fingerprint density at radius 1 is 1.24 bits per heavy atom. The van der Waals surface area contributed by atoms with E-state index in [0.29, 0.717) is 4.57 Å². The van der Waals surface area contributed by atoms with Crippen LogP contribution in [0.1, 0.15) is 17.4 Å². The van der Waals surface area contributed by atoms with E-state index in [1.807, 2.05) is 0 Å². The molecule has 2 aromatic rings. The van der Waals surface area contributed by atoms with Gasteiger partial charge in [0.05, 0.1) is 12.1 Å². The van der Waals surface area contributed by atoms with Gasteiger partial charge in [-0.3, -0.25) is 0 Å². The van der Waals surface area contributed by atoms with Crippen molar-refractivity contribution in [2.24, 2.45) is 0 Å². The lowest BCUT2D eigenvalue weighted by Crippen LogP contribution is -2.28. The zero-order valence-corrected chi connectivity index (χ0v) is 13.2. The van der Waals surface area contributed by atoms with Gasteiger partial charge in [-0.15, -0.1) is 0 Å². The summed E-state index contributed by atoms with van der Waals surface area (Å²) < 4.78 is 68.4. The molecule has 0 aliphatic rings. The first-order valence-corrected chi connectivity index (χ1v) is 7.95. The number of benzene rings is 1. The Kier molecular flexibility index (Phi) is 4.66. The maximum absolute atomic E-state index is 12.3. The Bertz CT molecular complexity index is 946. The van der Waals surface area contributed by atoms with E-state index in [0.717, 1.165) is 24.3 Å². The molecule has 0 amide bonds. The maximum Gasteiger partial charge on any atom is 0.534 e. The number of ether oxygens (including phenoxy) is 1. The van der Waals surface area contributed by atoms with Gasteiger partial charge in [0, 0.05) is 5.39 Å². The Morgan fingerprint density at radius 2 is 1.88 bits per heavy atom. The summed E-state index contributed by atoms with van der Waals surface area (Å²) in [5.74, 6) is -2.18. The van der Waals surface area contributed by atoms with E-state index in [2.05, 4.69) is 4.18 Å². The van der Waals surface area contributed by atoms with Crippen molar-refractivity contribution in [3.63, 3.8) is 0 Å². The number of nitrogens with zero attached hydrogens (tertiary/aromatic N) is 1. The molecular weight excluding hydrogens is 371 g/mol. The van der Waals surface area contributed by atoms with Gasteiger partial charge in [-0.05, 0) is 31.2 Å². The van der Waals surface area contributed by atoms with Gasteiger partial charge in [0.15, 0.2) is 0 Å². The minimum Gasteiger partial charge on any atom is -0.477 e. The van der Waals surface area contributed by atoms with Crippen LogP contribution in [0, 0.1) is 0 Å². The molecule has 0 bridgehead atoms. The van der Waals surface area contributed by atoms with Crippen LogP contribution in [0.2, 0.25) is 0 Å². The van der Waals surface area contributed by atoms with Crippen LogP contribution in [-0.2, 0) is 14.9 Å². The number of carbonyl (C=O) groups excluding carboxylic acids is 1. The number of aromatic nitrogens is 1. The minimum absolute atomic E-state index is 0.00685. The third-order valence-corrected chi connectivity index (χ3v) is 3.91. The molecule has 25 heavy (non-hydrogen) atoms. The minimum atomic E-state index is -5.88. The first-order valence-electron chi connectivity index (χ1n) is 6.54. The van der Waals surface area contributed by atoms with Crippen molar-refractivity contribution in [2.45, 2.75) is 12.4 Å². The van der Waals surface area contributed by atoms with Gasteiger partial charge in [-0.2, -0.15) is 21.6 Å². The Morgan fingerprint density at radius 3 is 2.40 bits per heavy atom. The van der Waals surface area contributed by atoms with Gasteiger partial charge >= 0.3 is 27.7 Å². The third-order valence-electron chi connectivity index (χ3n) is 2.93. The van der Waals surface area contributed by atoms with Crippen molar-refractivity contribution in [3.05, 3.63) is 30.0 Å². The summed E-state index contributed by atoms with van der Waals surface area (Å²) in [6.45, 7) is 1.46. The summed E-state index contributed by atoms with van der Waals surface area (Å²) in [5.41, 5.74) is -6.14. The van der Waals surface area contributed by atoms with Crippen LogP contribution in [-0.4, -0.2) is 42.3 Å². The number of carboxylic acids is 1. The van der Waals surface area contributed by atoms with Gasteiger partial charge in [0.2, 0.25) is 0 Å². The summed E-state index contributed by atoms with van der Waals surface area (Å²) in [6, 6.07) is 3.73. The van der Waals surface area contributed by atoms with Crippen molar-refractivity contribution < 1.29 is 45.2 Å².